The predicted molar refractivity (Wildman–Crippen MR) is 101 cm³/mol. The van der Waals surface area contributed by atoms with Gasteiger partial charge in [0, 0.05) is 16.3 Å². The van der Waals surface area contributed by atoms with E-state index in [2.05, 4.69) is 91.1 Å². The van der Waals surface area contributed by atoms with E-state index >= 15 is 0 Å². The van der Waals surface area contributed by atoms with Crippen LogP contribution in [0.4, 0.5) is 5.69 Å². The Hall–Kier alpha value is -2.19. The Labute approximate surface area is 142 Å². The summed E-state index contributed by atoms with van der Waals surface area (Å²) in [5.41, 5.74) is 3.78. The molecule has 3 aromatic carbocycles. The summed E-state index contributed by atoms with van der Waals surface area (Å²) in [7, 11) is 0. The molecule has 23 heavy (non-hydrogen) atoms. The lowest BCUT2D eigenvalue weighted by Crippen LogP contribution is -2.13. The van der Waals surface area contributed by atoms with Gasteiger partial charge in [0.05, 0.1) is 6.04 Å². The summed E-state index contributed by atoms with van der Waals surface area (Å²) < 4.78 is 0. The van der Waals surface area contributed by atoms with Gasteiger partial charge in [-0.05, 0) is 36.8 Å². The molecule has 2 heteroatoms. The van der Waals surface area contributed by atoms with Crippen LogP contribution in [0.1, 0.15) is 17.2 Å². The third-order valence-electron chi connectivity index (χ3n) is 3.75. The van der Waals surface area contributed by atoms with Gasteiger partial charge in [0.15, 0.2) is 0 Å². The summed E-state index contributed by atoms with van der Waals surface area (Å²) in [6.07, 6.45) is 0. The van der Waals surface area contributed by atoms with Gasteiger partial charge in [0.25, 0.3) is 0 Å². The van der Waals surface area contributed by atoms with E-state index < -0.39 is 0 Å². The van der Waals surface area contributed by atoms with E-state index in [0.29, 0.717) is 0 Å². The van der Waals surface area contributed by atoms with Crippen LogP contribution in [0.2, 0.25) is 0 Å². The van der Waals surface area contributed by atoms with Crippen molar-refractivity contribution in [3.63, 3.8) is 0 Å². The molecule has 0 aromatic heterocycles. The molecule has 1 unspecified atom stereocenters. The molecule has 0 aliphatic carbocycles. The number of rotatable bonds is 6. The minimum atomic E-state index is 0.282. The van der Waals surface area contributed by atoms with Crippen LogP contribution in [0.25, 0.3) is 0 Å². The van der Waals surface area contributed by atoms with Crippen molar-refractivity contribution in [2.24, 2.45) is 0 Å². The molecule has 0 bridgehead atoms. The van der Waals surface area contributed by atoms with Crippen molar-refractivity contribution in [2.45, 2.75) is 17.9 Å². The molecule has 3 rings (SSSR count). The molecule has 0 fully saturated rings. The summed E-state index contributed by atoms with van der Waals surface area (Å²) in [6.45, 7) is 2.12. The Balaban J connectivity index is 1.74. The lowest BCUT2D eigenvalue weighted by atomic mass is 10.1. The smallest absolute Gasteiger partial charge is 0.0607 e. The summed E-state index contributed by atoms with van der Waals surface area (Å²) in [4.78, 5) is 1.31. The molecule has 1 nitrogen and oxygen atoms in total. The zero-order chi connectivity index (χ0) is 15.9. The van der Waals surface area contributed by atoms with Crippen molar-refractivity contribution < 1.29 is 0 Å². The first-order valence-electron chi connectivity index (χ1n) is 7.87. The van der Waals surface area contributed by atoms with E-state index in [0.717, 1.165) is 11.4 Å². The van der Waals surface area contributed by atoms with Gasteiger partial charge < -0.3 is 5.32 Å². The molecule has 0 aliphatic heterocycles. The largest absolute Gasteiger partial charge is 0.377 e. The third kappa shape index (κ3) is 4.64. The van der Waals surface area contributed by atoms with Crippen LogP contribution >= 0.6 is 11.8 Å². The number of thioether (sulfide) groups is 1. The van der Waals surface area contributed by atoms with Gasteiger partial charge in [-0.3, -0.25) is 0 Å². The van der Waals surface area contributed by atoms with Crippen molar-refractivity contribution in [1.82, 2.24) is 0 Å². The minimum Gasteiger partial charge on any atom is -0.377 e. The zero-order valence-electron chi connectivity index (χ0n) is 13.3. The lowest BCUT2D eigenvalue weighted by Gasteiger charge is -2.20. The fraction of sp³-hybridized carbons (Fsp3) is 0.143. The Morgan fingerprint density at radius 3 is 2.04 bits per heavy atom. The third-order valence-corrected chi connectivity index (χ3v) is 4.86. The molecule has 0 aliphatic rings. The van der Waals surface area contributed by atoms with Gasteiger partial charge in [0.2, 0.25) is 0 Å². The molecule has 1 N–H and O–H groups in total. The first-order valence-corrected chi connectivity index (χ1v) is 8.86. The zero-order valence-corrected chi connectivity index (χ0v) is 14.1. The van der Waals surface area contributed by atoms with Crippen LogP contribution in [0, 0.1) is 6.92 Å². The van der Waals surface area contributed by atoms with Gasteiger partial charge in [0.1, 0.15) is 0 Å². The van der Waals surface area contributed by atoms with Crippen LogP contribution in [0.5, 0.6) is 0 Å². The van der Waals surface area contributed by atoms with E-state index in [4.69, 9.17) is 0 Å². The molecular weight excluding hydrogens is 298 g/mol. The van der Waals surface area contributed by atoms with Gasteiger partial charge in [-0.1, -0.05) is 66.2 Å². The quantitative estimate of drug-likeness (QED) is 0.564. The highest BCUT2D eigenvalue weighted by Crippen LogP contribution is 2.27. The second kappa shape index (κ2) is 7.89. The van der Waals surface area contributed by atoms with Gasteiger partial charge >= 0.3 is 0 Å². The predicted octanol–water partition coefficient (Wildman–Crippen LogP) is 5.94. The first-order chi connectivity index (χ1) is 11.3. The maximum atomic E-state index is 3.66. The Morgan fingerprint density at radius 2 is 1.39 bits per heavy atom. The first kappa shape index (κ1) is 15.7. The van der Waals surface area contributed by atoms with E-state index in [1.807, 2.05) is 17.8 Å². The molecule has 3 aromatic rings. The van der Waals surface area contributed by atoms with Gasteiger partial charge in [-0.15, -0.1) is 11.8 Å². The van der Waals surface area contributed by atoms with E-state index in [9.17, 15) is 0 Å². The monoisotopic (exact) mass is 319 g/mol. The Kier molecular flexibility index (Phi) is 5.38. The highest BCUT2D eigenvalue weighted by molar-refractivity contribution is 7.99. The molecule has 0 amide bonds. The summed E-state index contributed by atoms with van der Waals surface area (Å²) in [5.74, 6) is 0.988. The maximum absolute atomic E-state index is 3.66. The summed E-state index contributed by atoms with van der Waals surface area (Å²) in [5, 5.41) is 3.66. The Bertz CT molecular complexity index is 708. The minimum absolute atomic E-state index is 0.282. The molecule has 0 radical (unpaired) electrons. The fourth-order valence-corrected chi connectivity index (χ4v) is 3.42. The number of nitrogens with one attached hydrogen (secondary N) is 1. The van der Waals surface area contributed by atoms with Crippen LogP contribution in [-0.4, -0.2) is 5.75 Å². The van der Waals surface area contributed by atoms with Gasteiger partial charge in [-0.25, -0.2) is 0 Å². The highest BCUT2D eigenvalue weighted by Gasteiger charge is 2.11. The fourth-order valence-electron chi connectivity index (χ4n) is 2.46. The van der Waals surface area contributed by atoms with Crippen molar-refractivity contribution in [3.8, 4) is 0 Å². The molecule has 116 valence electrons. The number of anilines is 1. The van der Waals surface area contributed by atoms with E-state index in [1.165, 1.54) is 16.0 Å². The van der Waals surface area contributed by atoms with Crippen molar-refractivity contribution >= 4 is 17.4 Å². The lowest BCUT2D eigenvalue weighted by molar-refractivity contribution is 0.898. The number of hydrogen-bond acceptors (Lipinski definition) is 2. The number of hydrogen-bond donors (Lipinski definition) is 1. The van der Waals surface area contributed by atoms with E-state index in [-0.39, 0.29) is 6.04 Å². The second-order valence-electron chi connectivity index (χ2n) is 5.60. The van der Waals surface area contributed by atoms with E-state index in [1.54, 1.807) is 0 Å². The maximum Gasteiger partial charge on any atom is 0.0607 e. The number of aryl methyl sites for hydroxylation is 1. The summed E-state index contributed by atoms with van der Waals surface area (Å²) >= 11 is 1.89. The van der Waals surface area contributed by atoms with Crippen molar-refractivity contribution in [2.75, 3.05) is 11.1 Å². The molecule has 0 spiro atoms. The van der Waals surface area contributed by atoms with Crippen LogP contribution in [0.15, 0.2) is 89.8 Å². The Morgan fingerprint density at radius 1 is 0.783 bits per heavy atom. The second-order valence-corrected chi connectivity index (χ2v) is 6.69. The van der Waals surface area contributed by atoms with Crippen molar-refractivity contribution in [3.05, 3.63) is 96.1 Å². The highest BCUT2D eigenvalue weighted by atomic mass is 32.2. The molecule has 0 saturated heterocycles. The van der Waals surface area contributed by atoms with Crippen LogP contribution in [0.3, 0.4) is 0 Å². The normalized spacial score (nSPS) is 11.9. The number of benzene rings is 3. The molecule has 1 atom stereocenters. The number of para-hydroxylation sites is 1. The molecule has 0 heterocycles. The summed E-state index contributed by atoms with van der Waals surface area (Å²) in [6, 6.07) is 30.1. The molecule has 0 saturated carbocycles. The van der Waals surface area contributed by atoms with Crippen molar-refractivity contribution in [1.29, 1.82) is 0 Å². The molecular formula is C21H21NS. The standard InChI is InChI=1S/C21H21NS/c1-17-12-14-20(15-13-17)23-16-21(18-8-4-2-5-9-18)22-19-10-6-3-7-11-19/h2-15,21-22H,16H2,1H3. The average molecular weight is 319 g/mol. The van der Waals surface area contributed by atoms with Crippen LogP contribution in [-0.2, 0) is 0 Å². The average Bonchev–Trinajstić information content (AvgIpc) is 2.61. The SMILES string of the molecule is Cc1ccc(SCC(Nc2ccccc2)c2ccccc2)cc1. The van der Waals surface area contributed by atoms with Gasteiger partial charge in [-0.2, -0.15) is 0 Å². The topological polar surface area (TPSA) is 12.0 Å². The van der Waals surface area contributed by atoms with Crippen LogP contribution < -0.4 is 5.32 Å².